The van der Waals surface area contributed by atoms with E-state index < -0.39 is 0 Å². The molecule has 2 aromatic carbocycles. The minimum atomic E-state index is -0.0309. The van der Waals surface area contributed by atoms with Gasteiger partial charge in [0.2, 0.25) is 0 Å². The van der Waals surface area contributed by atoms with Gasteiger partial charge in [-0.2, -0.15) is 0 Å². The van der Waals surface area contributed by atoms with Crippen LogP contribution in [-0.4, -0.2) is 42.3 Å². The first-order valence-corrected chi connectivity index (χ1v) is 10.7. The molecule has 6 heteroatoms. The zero-order valence-corrected chi connectivity index (χ0v) is 18.2. The van der Waals surface area contributed by atoms with Gasteiger partial charge in [-0.05, 0) is 42.8 Å². The maximum Gasteiger partial charge on any atom is 0.264 e. The van der Waals surface area contributed by atoms with Crippen LogP contribution in [-0.2, 0) is 13.2 Å². The molecule has 1 aliphatic heterocycles. The molecule has 0 bridgehead atoms. The van der Waals surface area contributed by atoms with E-state index in [9.17, 15) is 9.59 Å². The second-order valence-corrected chi connectivity index (χ2v) is 8.52. The number of hydrogen-bond donors (Lipinski definition) is 0. The topological polar surface area (TPSA) is 49.9 Å². The molecule has 2 heterocycles. The normalized spacial score (nSPS) is 11.8. The van der Waals surface area contributed by atoms with E-state index in [1.807, 2.05) is 66.4 Å². The van der Waals surface area contributed by atoms with Crippen molar-refractivity contribution in [1.82, 2.24) is 9.80 Å². The lowest BCUT2D eigenvalue weighted by molar-refractivity contribution is 0.0756. The molecule has 1 aliphatic rings. The van der Waals surface area contributed by atoms with Crippen LogP contribution in [0.25, 0.3) is 10.4 Å². The van der Waals surface area contributed by atoms with E-state index in [0.29, 0.717) is 25.3 Å². The molecule has 3 aromatic rings. The highest BCUT2D eigenvalue weighted by atomic mass is 32.1. The third kappa shape index (κ3) is 3.83. The number of para-hydroxylation sites is 1. The van der Waals surface area contributed by atoms with Gasteiger partial charge in [-0.25, -0.2) is 0 Å². The maximum absolute atomic E-state index is 13.2. The van der Waals surface area contributed by atoms with Crippen molar-refractivity contribution >= 4 is 23.2 Å². The summed E-state index contributed by atoms with van der Waals surface area (Å²) >= 11 is 1.53. The summed E-state index contributed by atoms with van der Waals surface area (Å²) in [5.74, 6) is 0.852. The van der Waals surface area contributed by atoms with E-state index in [1.165, 1.54) is 11.3 Å². The first kappa shape index (κ1) is 20.2. The lowest BCUT2D eigenvalue weighted by Gasteiger charge is -2.20. The molecule has 0 radical (unpaired) electrons. The second kappa shape index (κ2) is 8.32. The molecule has 30 heavy (non-hydrogen) atoms. The molecule has 2 amide bonds. The van der Waals surface area contributed by atoms with E-state index in [-0.39, 0.29) is 11.8 Å². The lowest BCUT2D eigenvalue weighted by atomic mass is 10.1. The number of amides is 2. The molecule has 0 saturated heterocycles. The van der Waals surface area contributed by atoms with Crippen molar-refractivity contribution in [2.24, 2.45) is 0 Å². The van der Waals surface area contributed by atoms with Crippen molar-refractivity contribution in [2.45, 2.75) is 20.1 Å². The van der Waals surface area contributed by atoms with Crippen LogP contribution < -0.4 is 4.74 Å². The predicted octanol–water partition coefficient (Wildman–Crippen LogP) is 4.67. The minimum absolute atomic E-state index is 0.0165. The van der Waals surface area contributed by atoms with E-state index in [2.05, 4.69) is 0 Å². The largest absolute Gasteiger partial charge is 0.488 e. The number of nitrogens with zero attached hydrogens (tertiary/aromatic N) is 2. The van der Waals surface area contributed by atoms with Gasteiger partial charge in [0, 0.05) is 48.8 Å². The smallest absolute Gasteiger partial charge is 0.264 e. The highest BCUT2D eigenvalue weighted by Gasteiger charge is 2.24. The molecule has 0 aliphatic carbocycles. The summed E-state index contributed by atoms with van der Waals surface area (Å²) in [5.41, 5.74) is 3.75. The predicted molar refractivity (Wildman–Crippen MR) is 119 cm³/mol. The molecule has 4 rings (SSSR count). The Kier molecular flexibility index (Phi) is 5.59. The van der Waals surface area contributed by atoms with Crippen LogP contribution in [0.4, 0.5) is 0 Å². The monoisotopic (exact) mass is 420 g/mol. The number of carbonyl (C=O) groups excluding carboxylic acids is 2. The molecule has 0 saturated carbocycles. The Bertz CT molecular complexity index is 1090. The Morgan fingerprint density at radius 3 is 2.47 bits per heavy atom. The molecule has 0 spiro atoms. The quantitative estimate of drug-likeness (QED) is 0.603. The zero-order chi connectivity index (χ0) is 21.3. The van der Waals surface area contributed by atoms with Crippen molar-refractivity contribution in [1.29, 1.82) is 0 Å². The Morgan fingerprint density at radius 2 is 1.77 bits per heavy atom. The Hall–Kier alpha value is -3.12. The molecule has 0 N–H and O–H groups in total. The average Bonchev–Trinajstić information content (AvgIpc) is 3.22. The molecular weight excluding hydrogens is 396 g/mol. The van der Waals surface area contributed by atoms with Gasteiger partial charge in [0.1, 0.15) is 12.4 Å². The molecule has 0 fully saturated rings. The van der Waals surface area contributed by atoms with Gasteiger partial charge in [0.25, 0.3) is 11.8 Å². The summed E-state index contributed by atoms with van der Waals surface area (Å²) in [6.45, 7) is 3.58. The number of thiophene rings is 1. The number of rotatable bonds is 5. The standard InChI is InChI=1S/C24H24N2O3S/c1-4-26(14-16-9-11-17(12-10-16)23(27)25(2)3)24(28)21-13-18-15-29-20-8-6-5-7-19(20)22(18)30-21/h5-13H,4,14-15H2,1-3H3. The summed E-state index contributed by atoms with van der Waals surface area (Å²) in [6, 6.07) is 17.4. The van der Waals surface area contributed by atoms with Crippen LogP contribution >= 0.6 is 11.3 Å². The Balaban J connectivity index is 1.53. The van der Waals surface area contributed by atoms with Gasteiger partial charge in [-0.3, -0.25) is 9.59 Å². The minimum Gasteiger partial charge on any atom is -0.488 e. The lowest BCUT2D eigenvalue weighted by Crippen LogP contribution is -2.29. The van der Waals surface area contributed by atoms with Gasteiger partial charge >= 0.3 is 0 Å². The van der Waals surface area contributed by atoms with Crippen molar-refractivity contribution in [3.05, 3.63) is 76.2 Å². The van der Waals surface area contributed by atoms with Crippen LogP contribution in [0.3, 0.4) is 0 Å². The highest BCUT2D eigenvalue weighted by Crippen LogP contribution is 2.42. The van der Waals surface area contributed by atoms with E-state index in [4.69, 9.17) is 4.74 Å². The molecule has 0 atom stereocenters. The number of ether oxygens (including phenoxy) is 1. The molecule has 5 nitrogen and oxygen atoms in total. The fraction of sp³-hybridized carbons (Fsp3) is 0.250. The molecule has 0 unspecified atom stereocenters. The first-order chi connectivity index (χ1) is 14.5. The Labute approximate surface area is 180 Å². The maximum atomic E-state index is 13.2. The number of fused-ring (bicyclic) bond motifs is 3. The van der Waals surface area contributed by atoms with Gasteiger partial charge in [0.05, 0.1) is 4.88 Å². The summed E-state index contributed by atoms with van der Waals surface area (Å²) in [7, 11) is 3.47. The Morgan fingerprint density at radius 1 is 1.03 bits per heavy atom. The number of carbonyl (C=O) groups is 2. The molecule has 154 valence electrons. The fourth-order valence-corrected chi connectivity index (χ4v) is 4.68. The zero-order valence-electron chi connectivity index (χ0n) is 17.3. The van der Waals surface area contributed by atoms with E-state index >= 15 is 0 Å². The SMILES string of the molecule is CCN(Cc1ccc(C(=O)N(C)C)cc1)C(=O)c1cc2c(s1)-c1ccccc1OC2. The van der Waals surface area contributed by atoms with Crippen molar-refractivity contribution in [3.8, 4) is 16.2 Å². The molecule has 1 aromatic heterocycles. The van der Waals surface area contributed by atoms with E-state index in [1.54, 1.807) is 19.0 Å². The fourth-order valence-electron chi connectivity index (χ4n) is 3.52. The van der Waals surface area contributed by atoms with Crippen LogP contribution in [0.5, 0.6) is 5.75 Å². The summed E-state index contributed by atoms with van der Waals surface area (Å²) < 4.78 is 5.82. The van der Waals surface area contributed by atoms with E-state index in [0.717, 1.165) is 32.2 Å². The summed E-state index contributed by atoms with van der Waals surface area (Å²) in [6.07, 6.45) is 0. The van der Waals surface area contributed by atoms with Crippen molar-refractivity contribution in [3.63, 3.8) is 0 Å². The van der Waals surface area contributed by atoms with Gasteiger partial charge < -0.3 is 14.5 Å². The van der Waals surface area contributed by atoms with Gasteiger partial charge in [0.15, 0.2) is 0 Å². The number of benzene rings is 2. The summed E-state index contributed by atoms with van der Waals surface area (Å²) in [4.78, 5) is 30.5. The van der Waals surface area contributed by atoms with Crippen LogP contribution in [0, 0.1) is 0 Å². The summed E-state index contributed by atoms with van der Waals surface area (Å²) in [5, 5.41) is 0. The van der Waals surface area contributed by atoms with Gasteiger partial charge in [-0.1, -0.05) is 24.3 Å². The third-order valence-corrected chi connectivity index (χ3v) is 6.38. The average molecular weight is 421 g/mol. The highest BCUT2D eigenvalue weighted by molar-refractivity contribution is 7.17. The van der Waals surface area contributed by atoms with Crippen LogP contribution in [0.2, 0.25) is 0 Å². The second-order valence-electron chi connectivity index (χ2n) is 7.47. The first-order valence-electron chi connectivity index (χ1n) is 9.92. The third-order valence-electron chi connectivity index (χ3n) is 5.18. The number of hydrogen-bond acceptors (Lipinski definition) is 4. The van der Waals surface area contributed by atoms with Crippen molar-refractivity contribution < 1.29 is 14.3 Å². The molecular formula is C24H24N2O3S. The van der Waals surface area contributed by atoms with Gasteiger partial charge in [-0.15, -0.1) is 11.3 Å². The van der Waals surface area contributed by atoms with Crippen molar-refractivity contribution in [2.75, 3.05) is 20.6 Å². The van der Waals surface area contributed by atoms with Crippen LogP contribution in [0.15, 0.2) is 54.6 Å². The van der Waals surface area contributed by atoms with Crippen LogP contribution in [0.1, 0.15) is 38.1 Å².